The third kappa shape index (κ3) is 4.49. The van der Waals surface area contributed by atoms with Gasteiger partial charge in [0, 0.05) is 5.56 Å². The number of ether oxygens (including phenoxy) is 1. The number of aryl methyl sites for hydroxylation is 1. The zero-order valence-electron chi connectivity index (χ0n) is 15.0. The van der Waals surface area contributed by atoms with Gasteiger partial charge in [0.2, 0.25) is 0 Å². The van der Waals surface area contributed by atoms with Gasteiger partial charge in [0.25, 0.3) is 0 Å². The van der Waals surface area contributed by atoms with Crippen molar-refractivity contribution in [2.24, 2.45) is 5.10 Å². The molecule has 1 aromatic heterocycles. The maximum atomic E-state index is 10.8. The van der Waals surface area contributed by atoms with Crippen LogP contribution in [0.15, 0.2) is 60.0 Å². The van der Waals surface area contributed by atoms with E-state index in [2.05, 4.69) is 15.6 Å². The van der Waals surface area contributed by atoms with Crippen LogP contribution in [0.2, 0.25) is 0 Å². The Labute approximate surface area is 156 Å². The first kappa shape index (κ1) is 18.1. The summed E-state index contributed by atoms with van der Waals surface area (Å²) < 4.78 is 6.88. The minimum absolute atomic E-state index is 0.0471. The van der Waals surface area contributed by atoms with E-state index in [1.807, 2.05) is 49.4 Å². The van der Waals surface area contributed by atoms with E-state index >= 15 is 0 Å². The maximum Gasteiger partial charge on any atom is 0.307 e. The Hall–Kier alpha value is -3.68. The first-order valence-electron chi connectivity index (χ1n) is 8.25. The van der Waals surface area contributed by atoms with E-state index in [4.69, 9.17) is 4.74 Å². The van der Waals surface area contributed by atoms with Crippen LogP contribution in [0.5, 0.6) is 5.75 Å². The molecule has 0 unspecified atom stereocenters. The molecule has 0 radical (unpaired) electrons. The number of para-hydroxylation sites is 1. The second-order valence-corrected chi connectivity index (χ2v) is 5.91. The molecule has 0 fully saturated rings. The number of hydrogen-bond donors (Lipinski definition) is 1. The third-order valence-corrected chi connectivity index (χ3v) is 4.01. The Balaban J connectivity index is 1.77. The SMILES string of the molecule is COc1ccc(/C=N/Nc2ccccc2C)cc1Cn1cc([N+](=O)[O-])cn1. The molecule has 8 heteroatoms. The van der Waals surface area contributed by atoms with Gasteiger partial charge in [-0.25, -0.2) is 0 Å². The first-order chi connectivity index (χ1) is 13.1. The number of rotatable bonds is 7. The minimum atomic E-state index is -0.471. The summed E-state index contributed by atoms with van der Waals surface area (Å²) in [5.74, 6) is 0.678. The number of benzene rings is 2. The lowest BCUT2D eigenvalue weighted by molar-refractivity contribution is -0.385. The standard InChI is InChI=1S/C19H19N5O3/c1-14-5-3-4-6-18(14)22-20-10-15-7-8-19(27-2)16(9-15)12-23-13-17(11-21-23)24(25)26/h3-11,13,22H,12H2,1-2H3/b20-10+. The van der Waals surface area contributed by atoms with Gasteiger partial charge in [-0.3, -0.25) is 20.2 Å². The van der Waals surface area contributed by atoms with E-state index in [0.717, 1.165) is 22.4 Å². The number of anilines is 1. The molecule has 1 N–H and O–H groups in total. The molecule has 0 atom stereocenters. The monoisotopic (exact) mass is 365 g/mol. The predicted molar refractivity (Wildman–Crippen MR) is 103 cm³/mol. The van der Waals surface area contributed by atoms with E-state index in [0.29, 0.717) is 12.3 Å². The summed E-state index contributed by atoms with van der Waals surface area (Å²) in [6.07, 6.45) is 4.32. The van der Waals surface area contributed by atoms with Gasteiger partial charge in [-0.05, 0) is 42.3 Å². The molecule has 0 aliphatic rings. The van der Waals surface area contributed by atoms with Gasteiger partial charge in [0.15, 0.2) is 0 Å². The van der Waals surface area contributed by atoms with Crippen molar-refractivity contribution in [3.8, 4) is 5.75 Å². The molecule has 0 spiro atoms. The number of nitrogens with zero attached hydrogens (tertiary/aromatic N) is 4. The zero-order chi connectivity index (χ0) is 19.2. The van der Waals surface area contributed by atoms with Gasteiger partial charge in [0.1, 0.15) is 18.1 Å². The molecule has 2 aromatic carbocycles. The van der Waals surface area contributed by atoms with Crippen LogP contribution in [0, 0.1) is 17.0 Å². The minimum Gasteiger partial charge on any atom is -0.496 e. The molecule has 0 aliphatic heterocycles. The molecule has 138 valence electrons. The highest BCUT2D eigenvalue weighted by Gasteiger charge is 2.11. The summed E-state index contributed by atoms with van der Waals surface area (Å²) in [6.45, 7) is 2.36. The summed E-state index contributed by atoms with van der Waals surface area (Å²) in [6, 6.07) is 13.5. The van der Waals surface area contributed by atoms with E-state index < -0.39 is 4.92 Å². The summed E-state index contributed by atoms with van der Waals surface area (Å²) in [4.78, 5) is 10.3. The molecular formula is C19H19N5O3. The van der Waals surface area contributed by atoms with Crippen molar-refractivity contribution in [3.63, 3.8) is 0 Å². The van der Waals surface area contributed by atoms with Crippen LogP contribution in [0.1, 0.15) is 16.7 Å². The highest BCUT2D eigenvalue weighted by atomic mass is 16.6. The Morgan fingerprint density at radius 3 is 2.85 bits per heavy atom. The fourth-order valence-electron chi connectivity index (χ4n) is 2.59. The quantitative estimate of drug-likeness (QED) is 0.392. The second kappa shape index (κ2) is 8.13. The topological polar surface area (TPSA) is 94.6 Å². The molecule has 0 amide bonds. The van der Waals surface area contributed by atoms with Crippen molar-refractivity contribution in [3.05, 3.63) is 81.7 Å². The number of hydrogen-bond acceptors (Lipinski definition) is 6. The molecule has 3 aromatic rings. The van der Waals surface area contributed by atoms with Crippen LogP contribution in [0.3, 0.4) is 0 Å². The maximum absolute atomic E-state index is 10.8. The molecular weight excluding hydrogens is 346 g/mol. The number of nitrogens with one attached hydrogen (secondary N) is 1. The fraction of sp³-hybridized carbons (Fsp3) is 0.158. The molecule has 1 heterocycles. The van der Waals surface area contributed by atoms with Gasteiger partial charge < -0.3 is 4.74 Å². The Bertz CT molecular complexity index is 981. The Morgan fingerprint density at radius 1 is 1.33 bits per heavy atom. The van der Waals surface area contributed by atoms with E-state index in [1.165, 1.54) is 17.1 Å². The lowest BCUT2D eigenvalue weighted by atomic mass is 10.1. The van der Waals surface area contributed by atoms with Crippen molar-refractivity contribution in [2.75, 3.05) is 12.5 Å². The normalized spacial score (nSPS) is 10.9. The summed E-state index contributed by atoms with van der Waals surface area (Å²) >= 11 is 0. The Kier molecular flexibility index (Phi) is 5.46. The molecule has 0 aliphatic carbocycles. The highest BCUT2D eigenvalue weighted by molar-refractivity contribution is 5.81. The van der Waals surface area contributed by atoms with Crippen LogP contribution >= 0.6 is 0 Å². The van der Waals surface area contributed by atoms with Gasteiger partial charge in [-0.15, -0.1) is 0 Å². The molecule has 0 saturated heterocycles. The average molecular weight is 365 g/mol. The number of aromatic nitrogens is 2. The summed E-state index contributed by atoms with van der Waals surface area (Å²) in [5.41, 5.74) is 6.72. The van der Waals surface area contributed by atoms with Crippen molar-refractivity contribution >= 4 is 17.6 Å². The van der Waals surface area contributed by atoms with Crippen molar-refractivity contribution in [1.29, 1.82) is 0 Å². The van der Waals surface area contributed by atoms with Crippen molar-refractivity contribution in [1.82, 2.24) is 9.78 Å². The molecule has 0 bridgehead atoms. The van der Waals surface area contributed by atoms with Gasteiger partial charge in [-0.1, -0.05) is 18.2 Å². The highest BCUT2D eigenvalue weighted by Crippen LogP contribution is 2.21. The van der Waals surface area contributed by atoms with E-state index in [-0.39, 0.29) is 5.69 Å². The lowest BCUT2D eigenvalue weighted by Crippen LogP contribution is -2.03. The van der Waals surface area contributed by atoms with Gasteiger partial charge in [-0.2, -0.15) is 10.2 Å². The largest absolute Gasteiger partial charge is 0.496 e. The number of methoxy groups -OCH3 is 1. The summed E-state index contributed by atoms with van der Waals surface area (Å²) in [5, 5.41) is 19.1. The van der Waals surface area contributed by atoms with Gasteiger partial charge >= 0.3 is 5.69 Å². The predicted octanol–water partition coefficient (Wildman–Crippen LogP) is 3.60. The fourth-order valence-corrected chi connectivity index (χ4v) is 2.59. The van der Waals surface area contributed by atoms with Crippen LogP contribution in [-0.4, -0.2) is 28.0 Å². The molecule has 0 saturated carbocycles. The van der Waals surface area contributed by atoms with Crippen molar-refractivity contribution < 1.29 is 9.66 Å². The van der Waals surface area contributed by atoms with E-state index in [9.17, 15) is 10.1 Å². The van der Waals surface area contributed by atoms with Crippen LogP contribution in [-0.2, 0) is 6.54 Å². The summed E-state index contributed by atoms with van der Waals surface area (Å²) in [7, 11) is 1.58. The number of nitro groups is 1. The zero-order valence-corrected chi connectivity index (χ0v) is 15.0. The Morgan fingerprint density at radius 2 is 2.15 bits per heavy atom. The van der Waals surface area contributed by atoms with Crippen LogP contribution < -0.4 is 10.2 Å². The van der Waals surface area contributed by atoms with Crippen molar-refractivity contribution in [2.45, 2.75) is 13.5 Å². The first-order valence-corrected chi connectivity index (χ1v) is 8.25. The molecule has 27 heavy (non-hydrogen) atoms. The lowest BCUT2D eigenvalue weighted by Gasteiger charge is -2.09. The van der Waals surface area contributed by atoms with E-state index in [1.54, 1.807) is 13.3 Å². The number of hydrazone groups is 1. The van der Waals surface area contributed by atoms with Crippen LogP contribution in [0.25, 0.3) is 0 Å². The van der Waals surface area contributed by atoms with Gasteiger partial charge in [0.05, 0.1) is 30.5 Å². The second-order valence-electron chi connectivity index (χ2n) is 5.91. The van der Waals surface area contributed by atoms with Crippen LogP contribution in [0.4, 0.5) is 11.4 Å². The average Bonchev–Trinajstić information content (AvgIpc) is 3.12. The molecule has 8 nitrogen and oxygen atoms in total. The molecule has 3 rings (SSSR count). The third-order valence-electron chi connectivity index (χ3n) is 4.01. The smallest absolute Gasteiger partial charge is 0.307 e.